The van der Waals surface area contributed by atoms with Gasteiger partial charge >= 0.3 is 0 Å². The van der Waals surface area contributed by atoms with E-state index in [1.807, 2.05) is 0 Å². The lowest BCUT2D eigenvalue weighted by molar-refractivity contribution is 0.962. The summed E-state index contributed by atoms with van der Waals surface area (Å²) in [4.78, 5) is 0. The van der Waals surface area contributed by atoms with Crippen molar-refractivity contribution in [3.8, 4) is 22.3 Å². The number of aryl methyl sites for hydroxylation is 2. The van der Waals surface area contributed by atoms with Crippen LogP contribution in [0, 0.1) is 0 Å². The second-order valence-corrected chi connectivity index (χ2v) is 8.07. The lowest BCUT2D eigenvalue weighted by atomic mass is 9.91. The fourth-order valence-corrected chi connectivity index (χ4v) is 5.23. The fraction of sp³-hybridized carbons (Fsp3) is 0.143. The molecule has 0 heteroatoms. The second kappa shape index (κ2) is 6.21. The molecular formula is C28H22. The standard InChI is InChI=1S/C28H22/c1-3-13-25-21(7-1)17-23-11-5-9-19(27(23)25)15-16-20-10-6-12-24-18-22-8-2-4-14-26(22)28(20)24/h1-14H,15-18H2. The molecule has 6 rings (SSSR count). The van der Waals surface area contributed by atoms with Crippen molar-refractivity contribution < 1.29 is 0 Å². The monoisotopic (exact) mass is 358 g/mol. The topological polar surface area (TPSA) is 0 Å². The summed E-state index contributed by atoms with van der Waals surface area (Å²) in [6.45, 7) is 0. The Labute approximate surface area is 166 Å². The molecule has 0 bridgehead atoms. The van der Waals surface area contributed by atoms with E-state index in [1.54, 1.807) is 0 Å². The Morgan fingerprint density at radius 3 is 1.36 bits per heavy atom. The van der Waals surface area contributed by atoms with E-state index >= 15 is 0 Å². The largest absolute Gasteiger partial charge is 0.0619 e. The van der Waals surface area contributed by atoms with Crippen molar-refractivity contribution in [3.05, 3.63) is 118 Å². The summed E-state index contributed by atoms with van der Waals surface area (Å²) in [7, 11) is 0. The van der Waals surface area contributed by atoms with Gasteiger partial charge in [-0.2, -0.15) is 0 Å². The molecule has 0 saturated heterocycles. The molecule has 134 valence electrons. The van der Waals surface area contributed by atoms with Crippen molar-refractivity contribution in [3.63, 3.8) is 0 Å². The molecule has 0 amide bonds. The van der Waals surface area contributed by atoms with Gasteiger partial charge in [-0.15, -0.1) is 0 Å². The summed E-state index contributed by atoms with van der Waals surface area (Å²) in [6, 6.07) is 31.6. The number of hydrogen-bond acceptors (Lipinski definition) is 0. The van der Waals surface area contributed by atoms with Gasteiger partial charge in [0.15, 0.2) is 0 Å². The Hall–Kier alpha value is -3.12. The lowest BCUT2D eigenvalue weighted by Gasteiger charge is -2.13. The predicted molar refractivity (Wildman–Crippen MR) is 117 cm³/mol. The number of hydrogen-bond donors (Lipinski definition) is 0. The lowest BCUT2D eigenvalue weighted by Crippen LogP contribution is -1.97. The third-order valence-corrected chi connectivity index (χ3v) is 6.47. The van der Waals surface area contributed by atoms with Crippen molar-refractivity contribution in [2.45, 2.75) is 25.7 Å². The normalized spacial score (nSPS) is 13.0. The van der Waals surface area contributed by atoms with Crippen LogP contribution in [-0.4, -0.2) is 0 Å². The molecule has 2 aliphatic rings. The minimum Gasteiger partial charge on any atom is -0.0619 e. The molecule has 0 atom stereocenters. The van der Waals surface area contributed by atoms with E-state index in [9.17, 15) is 0 Å². The highest BCUT2D eigenvalue weighted by molar-refractivity contribution is 5.81. The van der Waals surface area contributed by atoms with Gasteiger partial charge in [-0.3, -0.25) is 0 Å². The predicted octanol–water partition coefficient (Wildman–Crippen LogP) is 6.61. The van der Waals surface area contributed by atoms with Crippen LogP contribution in [0.5, 0.6) is 0 Å². The van der Waals surface area contributed by atoms with Crippen LogP contribution in [0.4, 0.5) is 0 Å². The van der Waals surface area contributed by atoms with Gasteiger partial charge in [0.25, 0.3) is 0 Å². The Balaban J connectivity index is 1.37. The van der Waals surface area contributed by atoms with E-state index in [2.05, 4.69) is 84.9 Å². The highest BCUT2D eigenvalue weighted by atomic mass is 14.3. The van der Waals surface area contributed by atoms with E-state index in [1.165, 1.54) is 55.6 Å². The molecule has 0 heterocycles. The van der Waals surface area contributed by atoms with Crippen molar-refractivity contribution in [2.75, 3.05) is 0 Å². The van der Waals surface area contributed by atoms with Gasteiger partial charge in [0, 0.05) is 0 Å². The summed E-state index contributed by atoms with van der Waals surface area (Å²) in [5.74, 6) is 0. The van der Waals surface area contributed by atoms with E-state index in [4.69, 9.17) is 0 Å². The molecule has 0 spiro atoms. The van der Waals surface area contributed by atoms with Gasteiger partial charge in [-0.25, -0.2) is 0 Å². The van der Waals surface area contributed by atoms with E-state index < -0.39 is 0 Å². The number of rotatable bonds is 3. The van der Waals surface area contributed by atoms with Crippen LogP contribution in [0.15, 0.2) is 84.9 Å². The molecule has 0 saturated carbocycles. The van der Waals surface area contributed by atoms with Crippen LogP contribution in [0.1, 0.15) is 33.4 Å². The Kier molecular flexibility index (Phi) is 3.52. The van der Waals surface area contributed by atoms with Crippen molar-refractivity contribution in [2.24, 2.45) is 0 Å². The summed E-state index contributed by atoms with van der Waals surface area (Å²) in [5, 5.41) is 0. The fourth-order valence-electron chi connectivity index (χ4n) is 5.23. The van der Waals surface area contributed by atoms with Gasteiger partial charge in [-0.05, 0) is 81.3 Å². The molecule has 0 aromatic heterocycles. The molecule has 0 fully saturated rings. The van der Waals surface area contributed by atoms with Gasteiger partial charge in [-0.1, -0.05) is 84.9 Å². The average molecular weight is 358 g/mol. The molecule has 0 radical (unpaired) electrons. The van der Waals surface area contributed by atoms with Crippen LogP contribution in [0.25, 0.3) is 22.3 Å². The molecular weight excluding hydrogens is 336 g/mol. The molecule has 0 unspecified atom stereocenters. The van der Waals surface area contributed by atoms with Crippen LogP contribution in [0.2, 0.25) is 0 Å². The molecule has 0 nitrogen and oxygen atoms in total. The van der Waals surface area contributed by atoms with Crippen LogP contribution in [-0.2, 0) is 25.7 Å². The van der Waals surface area contributed by atoms with Crippen LogP contribution in [0.3, 0.4) is 0 Å². The average Bonchev–Trinajstić information content (AvgIpc) is 3.31. The zero-order chi connectivity index (χ0) is 18.5. The van der Waals surface area contributed by atoms with Crippen molar-refractivity contribution >= 4 is 0 Å². The third kappa shape index (κ3) is 2.38. The van der Waals surface area contributed by atoms with Crippen LogP contribution < -0.4 is 0 Å². The van der Waals surface area contributed by atoms with Crippen LogP contribution >= 0.6 is 0 Å². The molecule has 28 heavy (non-hydrogen) atoms. The first kappa shape index (κ1) is 15.9. The SMILES string of the molecule is c1ccc2c(c1)Cc1cccc(CCc3cccc4c3-c3ccccc3C4)c1-2. The van der Waals surface area contributed by atoms with Gasteiger partial charge in [0.2, 0.25) is 0 Å². The summed E-state index contributed by atoms with van der Waals surface area (Å²) >= 11 is 0. The highest BCUT2D eigenvalue weighted by Gasteiger charge is 2.22. The first-order valence-corrected chi connectivity index (χ1v) is 10.3. The second-order valence-electron chi connectivity index (χ2n) is 8.07. The zero-order valence-corrected chi connectivity index (χ0v) is 15.9. The molecule has 2 aliphatic carbocycles. The quantitative estimate of drug-likeness (QED) is 0.334. The Morgan fingerprint density at radius 2 is 0.857 bits per heavy atom. The molecule has 0 aliphatic heterocycles. The summed E-state index contributed by atoms with van der Waals surface area (Å²) in [6.07, 6.45) is 4.34. The third-order valence-electron chi connectivity index (χ3n) is 6.47. The first-order chi connectivity index (χ1) is 13.9. The first-order valence-electron chi connectivity index (χ1n) is 10.3. The smallest absolute Gasteiger partial charge is 0.00134 e. The molecule has 4 aromatic rings. The Bertz CT molecular complexity index is 1120. The number of benzene rings is 4. The minimum absolute atomic E-state index is 1.08. The van der Waals surface area contributed by atoms with E-state index in [0.717, 1.165) is 25.7 Å². The van der Waals surface area contributed by atoms with Gasteiger partial charge in [0.1, 0.15) is 0 Å². The maximum atomic E-state index is 2.33. The van der Waals surface area contributed by atoms with E-state index in [-0.39, 0.29) is 0 Å². The minimum atomic E-state index is 1.08. The number of fused-ring (bicyclic) bond motifs is 6. The summed E-state index contributed by atoms with van der Waals surface area (Å²) in [5.41, 5.74) is 14.8. The van der Waals surface area contributed by atoms with Crippen molar-refractivity contribution in [1.29, 1.82) is 0 Å². The molecule has 0 N–H and O–H groups in total. The van der Waals surface area contributed by atoms with Crippen molar-refractivity contribution in [1.82, 2.24) is 0 Å². The van der Waals surface area contributed by atoms with Gasteiger partial charge < -0.3 is 0 Å². The highest BCUT2D eigenvalue weighted by Crippen LogP contribution is 2.41. The summed E-state index contributed by atoms with van der Waals surface area (Å²) < 4.78 is 0. The maximum absolute atomic E-state index is 2.33. The van der Waals surface area contributed by atoms with E-state index in [0.29, 0.717) is 0 Å². The zero-order valence-electron chi connectivity index (χ0n) is 15.9. The molecule has 4 aromatic carbocycles. The Morgan fingerprint density at radius 1 is 0.429 bits per heavy atom. The maximum Gasteiger partial charge on any atom is -0.00134 e. The van der Waals surface area contributed by atoms with Gasteiger partial charge in [0.05, 0.1) is 0 Å².